The van der Waals surface area contributed by atoms with Crippen molar-refractivity contribution in [2.75, 3.05) is 5.73 Å². The molecule has 0 saturated heterocycles. The Labute approximate surface area is 121 Å². The van der Waals surface area contributed by atoms with Gasteiger partial charge < -0.3 is 15.2 Å². The molecule has 0 atom stereocenters. The van der Waals surface area contributed by atoms with Crippen molar-refractivity contribution in [1.82, 2.24) is 9.97 Å². The Morgan fingerprint density at radius 3 is 2.67 bits per heavy atom. The summed E-state index contributed by atoms with van der Waals surface area (Å²) in [5, 5.41) is 8.96. The number of rotatable bonds is 4. The maximum absolute atomic E-state index is 13.5. The Morgan fingerprint density at radius 2 is 2.00 bits per heavy atom. The van der Waals surface area contributed by atoms with Gasteiger partial charge in [0.25, 0.3) is 0 Å². The highest BCUT2D eigenvalue weighted by molar-refractivity contribution is 5.58. The molecule has 0 saturated carbocycles. The monoisotopic (exact) mass is 288 g/mol. The van der Waals surface area contributed by atoms with Crippen LogP contribution in [-0.4, -0.2) is 16.1 Å². The van der Waals surface area contributed by atoms with Gasteiger partial charge in [0.15, 0.2) is 5.69 Å². The summed E-state index contributed by atoms with van der Waals surface area (Å²) in [5.74, 6) is -0.479. The predicted octanol–water partition coefficient (Wildman–Crippen LogP) is 2.65. The van der Waals surface area contributed by atoms with Crippen LogP contribution in [-0.2, 0) is 0 Å². The van der Waals surface area contributed by atoms with Crippen molar-refractivity contribution in [2.45, 2.75) is 20.0 Å². The van der Waals surface area contributed by atoms with Crippen LogP contribution in [0.15, 0.2) is 24.5 Å². The summed E-state index contributed by atoms with van der Waals surface area (Å²) in [6.45, 7) is 3.64. The second kappa shape index (κ2) is 6.05. The van der Waals surface area contributed by atoms with Gasteiger partial charge in [-0.15, -0.1) is 0 Å². The molecule has 0 radical (unpaired) electrons. The van der Waals surface area contributed by atoms with E-state index in [0.29, 0.717) is 0 Å². The van der Waals surface area contributed by atoms with Gasteiger partial charge in [0.2, 0.25) is 11.8 Å². The van der Waals surface area contributed by atoms with Crippen molar-refractivity contribution < 1.29 is 13.9 Å². The molecule has 0 spiro atoms. The molecular formula is C14H13FN4O2. The Hall–Kier alpha value is -2.88. The average molecular weight is 288 g/mol. The fraction of sp³-hybridized carbons (Fsp3) is 0.214. The molecule has 2 N–H and O–H groups in total. The minimum absolute atomic E-state index is 0.00255. The lowest BCUT2D eigenvalue weighted by Gasteiger charge is -2.13. The van der Waals surface area contributed by atoms with Crippen molar-refractivity contribution in [2.24, 2.45) is 0 Å². The quantitative estimate of drug-likeness (QED) is 0.929. The molecule has 0 unspecified atom stereocenters. The second-order valence-corrected chi connectivity index (χ2v) is 4.39. The first-order valence-corrected chi connectivity index (χ1v) is 6.16. The molecule has 21 heavy (non-hydrogen) atoms. The van der Waals surface area contributed by atoms with Gasteiger partial charge in [0.05, 0.1) is 6.10 Å². The van der Waals surface area contributed by atoms with E-state index >= 15 is 0 Å². The van der Waals surface area contributed by atoms with Crippen LogP contribution in [0.3, 0.4) is 0 Å². The first kappa shape index (κ1) is 14.5. The lowest BCUT2D eigenvalue weighted by Crippen LogP contribution is -2.10. The fourth-order valence-electron chi connectivity index (χ4n) is 1.56. The highest BCUT2D eigenvalue weighted by Crippen LogP contribution is 2.32. The molecular weight excluding hydrogens is 275 g/mol. The molecule has 7 heteroatoms. The van der Waals surface area contributed by atoms with Crippen LogP contribution in [0.1, 0.15) is 19.4 Å². The van der Waals surface area contributed by atoms with Crippen LogP contribution in [0.5, 0.6) is 17.5 Å². The van der Waals surface area contributed by atoms with Gasteiger partial charge >= 0.3 is 0 Å². The largest absolute Gasteiger partial charge is 0.473 e. The van der Waals surface area contributed by atoms with Crippen LogP contribution in [0.25, 0.3) is 0 Å². The van der Waals surface area contributed by atoms with Gasteiger partial charge in [-0.05, 0) is 26.0 Å². The number of anilines is 1. The number of nitrogens with zero attached hydrogens (tertiary/aromatic N) is 3. The van der Waals surface area contributed by atoms with Gasteiger partial charge in [-0.2, -0.15) is 15.2 Å². The number of hydrogen-bond acceptors (Lipinski definition) is 6. The summed E-state index contributed by atoms with van der Waals surface area (Å²) in [6.07, 6.45) is 1.09. The molecule has 6 nitrogen and oxygen atoms in total. The first-order valence-electron chi connectivity index (χ1n) is 6.16. The number of halogens is 1. The van der Waals surface area contributed by atoms with Crippen molar-refractivity contribution in [3.63, 3.8) is 0 Å². The molecule has 0 aliphatic rings. The molecule has 0 bridgehead atoms. The van der Waals surface area contributed by atoms with E-state index < -0.39 is 5.82 Å². The van der Waals surface area contributed by atoms with E-state index in [4.69, 9.17) is 20.5 Å². The average Bonchev–Trinajstić information content (AvgIpc) is 2.43. The van der Waals surface area contributed by atoms with Gasteiger partial charge in [-0.3, -0.25) is 0 Å². The molecule has 1 aromatic heterocycles. The van der Waals surface area contributed by atoms with E-state index in [1.807, 2.05) is 13.8 Å². The Morgan fingerprint density at radius 1 is 1.29 bits per heavy atom. The van der Waals surface area contributed by atoms with Gasteiger partial charge in [0, 0.05) is 0 Å². The summed E-state index contributed by atoms with van der Waals surface area (Å²) in [6, 6.07) is 5.78. The normalized spacial score (nSPS) is 10.2. The number of benzene rings is 1. The lowest BCUT2D eigenvalue weighted by molar-refractivity contribution is 0.232. The number of hydrogen-bond donors (Lipinski definition) is 1. The van der Waals surface area contributed by atoms with Gasteiger partial charge in [-0.25, -0.2) is 4.39 Å². The van der Waals surface area contributed by atoms with Crippen molar-refractivity contribution in [3.8, 4) is 23.6 Å². The van der Waals surface area contributed by atoms with Gasteiger partial charge in [0.1, 0.15) is 29.5 Å². The molecule has 2 aromatic rings. The molecule has 2 rings (SSSR count). The summed E-state index contributed by atoms with van der Waals surface area (Å²) in [4.78, 5) is 7.78. The Balaban J connectivity index is 2.37. The molecule has 1 aromatic carbocycles. The third-order valence-corrected chi connectivity index (χ3v) is 2.45. The highest BCUT2D eigenvalue weighted by atomic mass is 19.1. The third-order valence-electron chi connectivity index (χ3n) is 2.45. The molecule has 1 heterocycles. The van der Waals surface area contributed by atoms with Crippen LogP contribution < -0.4 is 15.2 Å². The summed E-state index contributed by atoms with van der Waals surface area (Å²) >= 11 is 0. The Kier molecular flexibility index (Phi) is 4.18. The van der Waals surface area contributed by atoms with E-state index in [2.05, 4.69) is 9.97 Å². The smallest absolute Gasteiger partial charge is 0.249 e. The van der Waals surface area contributed by atoms with E-state index in [0.717, 1.165) is 0 Å². The zero-order chi connectivity index (χ0) is 15.4. The molecule has 0 fully saturated rings. The highest BCUT2D eigenvalue weighted by Gasteiger charge is 2.16. The minimum Gasteiger partial charge on any atom is -0.473 e. The summed E-state index contributed by atoms with van der Waals surface area (Å²) < 4.78 is 24.3. The summed E-state index contributed by atoms with van der Waals surface area (Å²) in [5.41, 5.74) is 5.72. The van der Waals surface area contributed by atoms with E-state index in [-0.39, 0.29) is 34.9 Å². The van der Waals surface area contributed by atoms with Crippen LogP contribution in [0.2, 0.25) is 0 Å². The predicted molar refractivity (Wildman–Crippen MR) is 73.4 cm³/mol. The number of nitriles is 1. The van der Waals surface area contributed by atoms with Crippen LogP contribution in [0.4, 0.5) is 10.1 Å². The van der Waals surface area contributed by atoms with E-state index in [1.54, 1.807) is 6.07 Å². The number of aromatic nitrogens is 2. The van der Waals surface area contributed by atoms with E-state index in [9.17, 15) is 4.39 Å². The molecule has 0 amide bonds. The summed E-state index contributed by atoms with van der Waals surface area (Å²) in [7, 11) is 0. The number of ether oxygens (including phenoxy) is 2. The standard InChI is InChI=1S/C14H13FN4O2/c1-8(2)20-13-12(17)14(19-7-18-13)21-11-5-3-4-10(15)9(11)6-16/h3-5,7-8H,17H2,1-2H3. The van der Waals surface area contributed by atoms with Gasteiger partial charge in [-0.1, -0.05) is 6.07 Å². The van der Waals surface area contributed by atoms with Crippen molar-refractivity contribution >= 4 is 5.69 Å². The molecule has 0 aliphatic heterocycles. The second-order valence-electron chi connectivity index (χ2n) is 4.39. The van der Waals surface area contributed by atoms with Crippen molar-refractivity contribution in [3.05, 3.63) is 35.9 Å². The topological polar surface area (TPSA) is 94.0 Å². The lowest BCUT2D eigenvalue weighted by atomic mass is 10.2. The Bertz CT molecular complexity index is 698. The third kappa shape index (κ3) is 3.17. The molecule has 0 aliphatic carbocycles. The maximum atomic E-state index is 13.5. The number of nitrogen functional groups attached to an aromatic ring is 1. The maximum Gasteiger partial charge on any atom is 0.249 e. The van der Waals surface area contributed by atoms with Crippen molar-refractivity contribution in [1.29, 1.82) is 5.26 Å². The number of nitrogens with two attached hydrogens (primary N) is 1. The fourth-order valence-corrected chi connectivity index (χ4v) is 1.56. The zero-order valence-corrected chi connectivity index (χ0v) is 11.5. The van der Waals surface area contributed by atoms with Crippen LogP contribution in [0, 0.1) is 17.1 Å². The van der Waals surface area contributed by atoms with Crippen LogP contribution >= 0.6 is 0 Å². The van der Waals surface area contributed by atoms with E-state index in [1.165, 1.54) is 24.5 Å². The zero-order valence-electron chi connectivity index (χ0n) is 11.5. The minimum atomic E-state index is -0.679. The SMILES string of the molecule is CC(C)Oc1ncnc(Oc2cccc(F)c2C#N)c1N. The molecule has 108 valence electrons. The first-order chi connectivity index (χ1) is 10.0.